The van der Waals surface area contributed by atoms with E-state index in [9.17, 15) is 8.42 Å². The van der Waals surface area contributed by atoms with Crippen molar-refractivity contribution in [2.24, 2.45) is 7.05 Å². The summed E-state index contributed by atoms with van der Waals surface area (Å²) in [6.07, 6.45) is 1.36. The molecule has 2 rings (SSSR count). The number of rotatable bonds is 6. The molecule has 0 atom stereocenters. The number of sulfonamides is 1. The van der Waals surface area contributed by atoms with Crippen LogP contribution in [-0.2, 0) is 17.1 Å². The van der Waals surface area contributed by atoms with Crippen molar-refractivity contribution in [1.82, 2.24) is 14.5 Å². The summed E-state index contributed by atoms with van der Waals surface area (Å²) in [5.41, 5.74) is 6.64. The first kappa shape index (κ1) is 15.3. The highest BCUT2D eigenvalue weighted by molar-refractivity contribution is 7.89. The smallest absolute Gasteiger partial charge is 0.245 e. The molecule has 114 valence electrons. The second-order valence-electron chi connectivity index (χ2n) is 4.62. The van der Waals surface area contributed by atoms with Crippen LogP contribution in [0, 0.1) is 6.92 Å². The van der Waals surface area contributed by atoms with E-state index < -0.39 is 10.0 Å². The number of nitrogens with two attached hydrogens (primary N) is 1. The highest BCUT2D eigenvalue weighted by Crippen LogP contribution is 2.15. The highest BCUT2D eigenvalue weighted by Gasteiger charge is 2.19. The minimum atomic E-state index is -3.67. The Labute approximate surface area is 123 Å². The predicted molar refractivity (Wildman–Crippen MR) is 79.5 cm³/mol. The fraction of sp³-hybridized carbons (Fsp3) is 0.308. The Kier molecular flexibility index (Phi) is 4.49. The van der Waals surface area contributed by atoms with Crippen molar-refractivity contribution < 1.29 is 13.2 Å². The number of hydrogen-bond acceptors (Lipinski definition) is 5. The maximum absolute atomic E-state index is 12.0. The lowest BCUT2D eigenvalue weighted by molar-refractivity contribution is 0.322. The SMILES string of the molecule is Cc1cccc(OCCNS(=O)(=O)c2cn(C)nc2N)c1. The normalized spacial score (nSPS) is 11.5. The summed E-state index contributed by atoms with van der Waals surface area (Å²) in [6, 6.07) is 7.54. The molecule has 0 saturated carbocycles. The van der Waals surface area contributed by atoms with Gasteiger partial charge < -0.3 is 10.5 Å². The third kappa shape index (κ3) is 3.96. The molecule has 0 aliphatic rings. The number of aryl methyl sites for hydroxylation is 2. The molecule has 0 amide bonds. The van der Waals surface area contributed by atoms with Crippen molar-refractivity contribution >= 4 is 15.8 Å². The van der Waals surface area contributed by atoms with Gasteiger partial charge in [0.25, 0.3) is 0 Å². The van der Waals surface area contributed by atoms with Gasteiger partial charge in [-0.05, 0) is 24.6 Å². The number of nitrogens with zero attached hydrogens (tertiary/aromatic N) is 2. The molecule has 8 heteroatoms. The summed E-state index contributed by atoms with van der Waals surface area (Å²) in [6.45, 7) is 2.33. The van der Waals surface area contributed by atoms with Gasteiger partial charge in [0.15, 0.2) is 5.82 Å². The molecular formula is C13H18N4O3S. The van der Waals surface area contributed by atoms with Crippen LogP contribution in [0.3, 0.4) is 0 Å². The lowest BCUT2D eigenvalue weighted by Gasteiger charge is -2.08. The van der Waals surface area contributed by atoms with Gasteiger partial charge in [0, 0.05) is 19.8 Å². The van der Waals surface area contributed by atoms with E-state index in [-0.39, 0.29) is 23.9 Å². The molecule has 1 heterocycles. The predicted octanol–water partition coefficient (Wildman–Crippen LogP) is 0.668. The fourth-order valence-corrected chi connectivity index (χ4v) is 2.93. The molecule has 21 heavy (non-hydrogen) atoms. The van der Waals surface area contributed by atoms with Crippen LogP contribution in [-0.4, -0.2) is 31.3 Å². The van der Waals surface area contributed by atoms with Gasteiger partial charge in [0.1, 0.15) is 17.3 Å². The van der Waals surface area contributed by atoms with E-state index >= 15 is 0 Å². The van der Waals surface area contributed by atoms with E-state index in [2.05, 4.69) is 9.82 Å². The van der Waals surface area contributed by atoms with Gasteiger partial charge in [-0.15, -0.1) is 0 Å². The molecule has 0 unspecified atom stereocenters. The van der Waals surface area contributed by atoms with Crippen LogP contribution in [0.1, 0.15) is 5.56 Å². The summed E-state index contributed by atoms with van der Waals surface area (Å²) < 4.78 is 33.3. The number of ether oxygens (including phenoxy) is 1. The van der Waals surface area contributed by atoms with Crippen molar-refractivity contribution in [2.45, 2.75) is 11.8 Å². The van der Waals surface area contributed by atoms with E-state index in [1.54, 1.807) is 7.05 Å². The molecule has 2 aromatic rings. The van der Waals surface area contributed by atoms with Gasteiger partial charge in [0.2, 0.25) is 10.0 Å². The largest absolute Gasteiger partial charge is 0.492 e. The summed E-state index contributed by atoms with van der Waals surface area (Å²) in [5, 5.41) is 3.81. The van der Waals surface area contributed by atoms with Gasteiger partial charge in [-0.3, -0.25) is 4.68 Å². The van der Waals surface area contributed by atoms with Crippen LogP contribution >= 0.6 is 0 Å². The Morgan fingerprint density at radius 1 is 1.43 bits per heavy atom. The van der Waals surface area contributed by atoms with Gasteiger partial charge >= 0.3 is 0 Å². The van der Waals surface area contributed by atoms with Gasteiger partial charge in [-0.25, -0.2) is 13.1 Å². The Morgan fingerprint density at radius 2 is 2.19 bits per heavy atom. The molecule has 0 aliphatic carbocycles. The Morgan fingerprint density at radius 3 is 2.81 bits per heavy atom. The van der Waals surface area contributed by atoms with Crippen LogP contribution in [0.15, 0.2) is 35.4 Å². The zero-order valence-electron chi connectivity index (χ0n) is 11.9. The summed E-state index contributed by atoms with van der Waals surface area (Å²) >= 11 is 0. The van der Waals surface area contributed by atoms with Crippen molar-refractivity contribution in [3.8, 4) is 5.75 Å². The first-order valence-electron chi connectivity index (χ1n) is 6.37. The average molecular weight is 310 g/mol. The standard InChI is InChI=1S/C13H18N4O3S/c1-10-4-3-5-11(8-10)20-7-6-15-21(18,19)12-9-17(2)16-13(12)14/h3-5,8-9,15H,6-7H2,1-2H3,(H2,14,16). The zero-order valence-corrected chi connectivity index (χ0v) is 12.7. The number of nitrogen functional groups attached to an aromatic ring is 1. The molecule has 1 aromatic heterocycles. The number of benzene rings is 1. The van der Waals surface area contributed by atoms with Crippen LogP contribution in [0.25, 0.3) is 0 Å². The molecule has 7 nitrogen and oxygen atoms in total. The number of aromatic nitrogens is 2. The minimum Gasteiger partial charge on any atom is -0.492 e. The summed E-state index contributed by atoms with van der Waals surface area (Å²) in [7, 11) is -2.06. The van der Waals surface area contributed by atoms with Gasteiger partial charge in [-0.2, -0.15) is 5.10 Å². The highest BCUT2D eigenvalue weighted by atomic mass is 32.2. The molecule has 0 bridgehead atoms. The van der Waals surface area contributed by atoms with Crippen LogP contribution in [0.5, 0.6) is 5.75 Å². The van der Waals surface area contributed by atoms with E-state index in [1.807, 2.05) is 31.2 Å². The van der Waals surface area contributed by atoms with Gasteiger partial charge in [-0.1, -0.05) is 12.1 Å². The molecular weight excluding hydrogens is 292 g/mol. The summed E-state index contributed by atoms with van der Waals surface area (Å²) in [5.74, 6) is 0.680. The van der Waals surface area contributed by atoms with E-state index in [1.165, 1.54) is 10.9 Å². The van der Waals surface area contributed by atoms with Crippen molar-refractivity contribution in [3.63, 3.8) is 0 Å². The van der Waals surface area contributed by atoms with E-state index in [4.69, 9.17) is 10.5 Å². The maximum Gasteiger partial charge on any atom is 0.245 e. The molecule has 0 radical (unpaired) electrons. The maximum atomic E-state index is 12.0. The molecule has 3 N–H and O–H groups in total. The molecule has 0 saturated heterocycles. The second kappa shape index (κ2) is 6.15. The van der Waals surface area contributed by atoms with E-state index in [0.29, 0.717) is 5.75 Å². The van der Waals surface area contributed by atoms with Crippen molar-refractivity contribution in [3.05, 3.63) is 36.0 Å². The average Bonchev–Trinajstić information content (AvgIpc) is 2.75. The van der Waals surface area contributed by atoms with E-state index in [0.717, 1.165) is 5.56 Å². The monoisotopic (exact) mass is 310 g/mol. The molecule has 1 aromatic carbocycles. The third-order valence-electron chi connectivity index (χ3n) is 2.76. The topological polar surface area (TPSA) is 99.2 Å². The zero-order chi connectivity index (χ0) is 15.5. The molecule has 0 aliphatic heterocycles. The third-order valence-corrected chi connectivity index (χ3v) is 4.24. The van der Waals surface area contributed by atoms with Gasteiger partial charge in [0.05, 0.1) is 0 Å². The first-order valence-corrected chi connectivity index (χ1v) is 7.85. The quantitative estimate of drug-likeness (QED) is 0.764. The lowest BCUT2D eigenvalue weighted by atomic mass is 10.2. The number of anilines is 1. The Balaban J connectivity index is 1.89. The Bertz CT molecular complexity index is 725. The second-order valence-corrected chi connectivity index (χ2v) is 6.35. The minimum absolute atomic E-state index is 0.0235. The van der Waals surface area contributed by atoms with Crippen molar-refractivity contribution in [2.75, 3.05) is 18.9 Å². The molecule has 0 spiro atoms. The Hall–Kier alpha value is -2.06. The summed E-state index contributed by atoms with van der Waals surface area (Å²) in [4.78, 5) is -0.0273. The van der Waals surface area contributed by atoms with Crippen LogP contribution in [0.4, 0.5) is 5.82 Å². The van der Waals surface area contributed by atoms with Crippen LogP contribution in [0.2, 0.25) is 0 Å². The lowest BCUT2D eigenvalue weighted by Crippen LogP contribution is -2.28. The van der Waals surface area contributed by atoms with Crippen molar-refractivity contribution in [1.29, 1.82) is 0 Å². The number of nitrogens with one attached hydrogen (secondary N) is 1. The molecule has 0 fully saturated rings. The first-order chi connectivity index (χ1) is 9.88. The van der Waals surface area contributed by atoms with Crippen LogP contribution < -0.4 is 15.2 Å². The number of hydrogen-bond donors (Lipinski definition) is 2. The fourth-order valence-electron chi connectivity index (χ4n) is 1.82.